The number of fused-ring (bicyclic) bond motifs is 1. The Kier molecular flexibility index (Phi) is 3.45. The van der Waals surface area contributed by atoms with Gasteiger partial charge >= 0.3 is 0 Å². The summed E-state index contributed by atoms with van der Waals surface area (Å²) in [4.78, 5) is 14.2. The third-order valence-corrected chi connectivity index (χ3v) is 3.89. The van der Waals surface area contributed by atoms with Gasteiger partial charge in [-0.1, -0.05) is 18.2 Å². The molecule has 0 N–H and O–H groups in total. The lowest BCUT2D eigenvalue weighted by Gasteiger charge is -2.24. The maximum absolute atomic E-state index is 13.7. The first kappa shape index (κ1) is 13.7. The Bertz CT molecular complexity index is 699. The van der Waals surface area contributed by atoms with Gasteiger partial charge < -0.3 is 4.90 Å². The standard InChI is InChI=1S/C17H15F2NO/c1-11-8-12-4-2-3-5-16(12)20(11)10-17(21)14-9-13(18)6-7-15(14)19/h2-7,9,11H,8,10H2,1H3. The van der Waals surface area contributed by atoms with Crippen LogP contribution in [0.2, 0.25) is 0 Å². The molecule has 2 nitrogen and oxygen atoms in total. The number of para-hydroxylation sites is 1. The predicted molar refractivity (Wildman–Crippen MR) is 77.6 cm³/mol. The Balaban J connectivity index is 1.87. The van der Waals surface area contributed by atoms with Crippen molar-refractivity contribution in [2.45, 2.75) is 19.4 Å². The van der Waals surface area contributed by atoms with Crippen molar-refractivity contribution >= 4 is 11.5 Å². The van der Waals surface area contributed by atoms with E-state index in [1.807, 2.05) is 36.1 Å². The number of ketones is 1. The first-order valence-corrected chi connectivity index (χ1v) is 6.89. The zero-order valence-corrected chi connectivity index (χ0v) is 11.6. The zero-order chi connectivity index (χ0) is 15.0. The van der Waals surface area contributed by atoms with Gasteiger partial charge in [0, 0.05) is 11.7 Å². The van der Waals surface area contributed by atoms with Crippen molar-refractivity contribution in [3.8, 4) is 0 Å². The lowest BCUT2D eigenvalue weighted by Crippen LogP contribution is -2.34. The molecule has 1 aliphatic heterocycles. The molecule has 2 aromatic carbocycles. The zero-order valence-electron chi connectivity index (χ0n) is 11.6. The molecule has 1 unspecified atom stereocenters. The van der Waals surface area contributed by atoms with Gasteiger partial charge in [0.2, 0.25) is 0 Å². The van der Waals surface area contributed by atoms with Gasteiger partial charge in [0.05, 0.1) is 12.1 Å². The predicted octanol–water partition coefficient (Wildman–Crippen LogP) is 3.60. The van der Waals surface area contributed by atoms with E-state index in [1.165, 1.54) is 5.56 Å². The van der Waals surface area contributed by atoms with E-state index < -0.39 is 17.4 Å². The first-order chi connectivity index (χ1) is 10.1. The Morgan fingerprint density at radius 1 is 1.24 bits per heavy atom. The molecule has 4 heteroatoms. The molecule has 0 aliphatic carbocycles. The fraction of sp³-hybridized carbons (Fsp3) is 0.235. The summed E-state index contributed by atoms with van der Waals surface area (Å²) >= 11 is 0. The number of carbonyl (C=O) groups excluding carboxylic acids is 1. The van der Waals surface area contributed by atoms with Crippen LogP contribution in [0, 0.1) is 11.6 Å². The second-order valence-corrected chi connectivity index (χ2v) is 5.36. The minimum Gasteiger partial charge on any atom is -0.361 e. The molecular weight excluding hydrogens is 272 g/mol. The number of rotatable bonds is 3. The maximum Gasteiger partial charge on any atom is 0.185 e. The Morgan fingerprint density at radius 3 is 2.81 bits per heavy atom. The van der Waals surface area contributed by atoms with Gasteiger partial charge in [0.1, 0.15) is 11.6 Å². The highest BCUT2D eigenvalue weighted by atomic mass is 19.1. The van der Waals surface area contributed by atoms with Crippen LogP contribution in [0.3, 0.4) is 0 Å². The average Bonchev–Trinajstić information content (AvgIpc) is 2.78. The monoisotopic (exact) mass is 287 g/mol. The van der Waals surface area contributed by atoms with Gasteiger partial charge in [0.25, 0.3) is 0 Å². The number of nitrogens with zero attached hydrogens (tertiary/aromatic N) is 1. The van der Waals surface area contributed by atoms with Crippen LogP contribution < -0.4 is 4.90 Å². The molecule has 0 fully saturated rings. The molecule has 0 saturated carbocycles. The Hall–Kier alpha value is -2.23. The van der Waals surface area contributed by atoms with Crippen molar-refractivity contribution in [1.29, 1.82) is 0 Å². The summed E-state index contributed by atoms with van der Waals surface area (Å²) in [5.74, 6) is -1.69. The van der Waals surface area contributed by atoms with Gasteiger partial charge in [-0.2, -0.15) is 0 Å². The topological polar surface area (TPSA) is 20.3 Å². The van der Waals surface area contributed by atoms with Crippen LogP contribution >= 0.6 is 0 Å². The van der Waals surface area contributed by atoms with E-state index in [2.05, 4.69) is 0 Å². The number of Topliss-reactive ketones (excluding diaryl/α,β-unsaturated/α-hetero) is 1. The number of hydrogen-bond acceptors (Lipinski definition) is 2. The van der Waals surface area contributed by atoms with Crippen molar-refractivity contribution in [1.82, 2.24) is 0 Å². The molecule has 108 valence electrons. The largest absolute Gasteiger partial charge is 0.361 e. The molecule has 1 atom stereocenters. The minimum atomic E-state index is -0.679. The first-order valence-electron chi connectivity index (χ1n) is 6.89. The van der Waals surface area contributed by atoms with Crippen LogP contribution in [-0.2, 0) is 6.42 Å². The highest BCUT2D eigenvalue weighted by Crippen LogP contribution is 2.31. The third kappa shape index (κ3) is 2.53. The van der Waals surface area contributed by atoms with Gasteiger partial charge in [-0.15, -0.1) is 0 Å². The Morgan fingerprint density at radius 2 is 2.00 bits per heavy atom. The number of benzene rings is 2. The summed E-state index contributed by atoms with van der Waals surface area (Å²) in [5, 5.41) is 0. The smallest absolute Gasteiger partial charge is 0.185 e. The fourth-order valence-corrected chi connectivity index (χ4v) is 2.82. The highest BCUT2D eigenvalue weighted by molar-refractivity contribution is 5.99. The molecule has 0 saturated heterocycles. The van der Waals surface area contributed by atoms with Gasteiger partial charge in [0.15, 0.2) is 5.78 Å². The molecule has 0 aromatic heterocycles. The molecule has 21 heavy (non-hydrogen) atoms. The van der Waals surface area contributed by atoms with Crippen LogP contribution in [0.25, 0.3) is 0 Å². The molecule has 0 bridgehead atoms. The van der Waals surface area contributed by atoms with E-state index in [1.54, 1.807) is 0 Å². The van der Waals surface area contributed by atoms with Crippen LogP contribution in [0.4, 0.5) is 14.5 Å². The summed E-state index contributed by atoms with van der Waals surface area (Å²) in [6, 6.07) is 11.0. The summed E-state index contributed by atoms with van der Waals surface area (Å²) in [7, 11) is 0. The van der Waals surface area contributed by atoms with Crippen molar-refractivity contribution in [2.75, 3.05) is 11.4 Å². The SMILES string of the molecule is CC1Cc2ccccc2N1CC(=O)c1cc(F)ccc1F. The van der Waals surface area contributed by atoms with E-state index in [4.69, 9.17) is 0 Å². The van der Waals surface area contributed by atoms with Crippen LogP contribution in [-0.4, -0.2) is 18.4 Å². The van der Waals surface area contributed by atoms with Crippen molar-refractivity contribution in [3.63, 3.8) is 0 Å². The Labute approximate surface area is 122 Å². The normalized spacial score (nSPS) is 16.9. The van der Waals surface area contributed by atoms with E-state index in [-0.39, 0.29) is 18.2 Å². The second-order valence-electron chi connectivity index (χ2n) is 5.36. The number of hydrogen-bond donors (Lipinski definition) is 0. The molecule has 1 heterocycles. The molecule has 2 aromatic rings. The highest BCUT2D eigenvalue weighted by Gasteiger charge is 2.28. The molecule has 1 aliphatic rings. The van der Waals surface area contributed by atoms with E-state index in [0.717, 1.165) is 30.3 Å². The summed E-state index contributed by atoms with van der Waals surface area (Å²) in [6.45, 7) is 2.08. The van der Waals surface area contributed by atoms with Crippen LogP contribution in [0.1, 0.15) is 22.8 Å². The van der Waals surface area contributed by atoms with Gasteiger partial charge in [-0.05, 0) is 43.2 Å². The minimum absolute atomic E-state index is 0.0541. The lowest BCUT2D eigenvalue weighted by atomic mass is 10.1. The molecule has 0 spiro atoms. The molecule has 3 rings (SSSR count). The van der Waals surface area contributed by atoms with Crippen molar-refractivity contribution in [2.24, 2.45) is 0 Å². The van der Waals surface area contributed by atoms with Gasteiger partial charge in [-0.3, -0.25) is 4.79 Å². The second kappa shape index (κ2) is 5.28. The van der Waals surface area contributed by atoms with Crippen LogP contribution in [0.15, 0.2) is 42.5 Å². The third-order valence-electron chi connectivity index (χ3n) is 3.89. The van der Waals surface area contributed by atoms with E-state index >= 15 is 0 Å². The molecular formula is C17H15F2NO. The number of carbonyl (C=O) groups is 1. The van der Waals surface area contributed by atoms with E-state index in [9.17, 15) is 13.6 Å². The summed E-state index contributed by atoms with van der Waals surface area (Å²) in [5.41, 5.74) is 1.99. The van der Waals surface area contributed by atoms with Gasteiger partial charge in [-0.25, -0.2) is 8.78 Å². The van der Waals surface area contributed by atoms with Crippen LogP contribution in [0.5, 0.6) is 0 Å². The maximum atomic E-state index is 13.7. The van der Waals surface area contributed by atoms with Crippen molar-refractivity contribution in [3.05, 3.63) is 65.2 Å². The number of anilines is 1. The average molecular weight is 287 g/mol. The molecule has 0 radical (unpaired) electrons. The molecule has 0 amide bonds. The lowest BCUT2D eigenvalue weighted by molar-refractivity contribution is 0.0993. The van der Waals surface area contributed by atoms with E-state index in [0.29, 0.717) is 0 Å². The van der Waals surface area contributed by atoms with Crippen molar-refractivity contribution < 1.29 is 13.6 Å². The fourth-order valence-electron chi connectivity index (χ4n) is 2.82. The summed E-state index contributed by atoms with van der Waals surface area (Å²) in [6.07, 6.45) is 0.856. The number of halogens is 2. The quantitative estimate of drug-likeness (QED) is 0.804. The summed E-state index contributed by atoms with van der Waals surface area (Å²) < 4.78 is 26.9.